The maximum atomic E-state index is 10.7. The van der Waals surface area contributed by atoms with Crippen molar-refractivity contribution in [1.82, 2.24) is 0 Å². The summed E-state index contributed by atoms with van der Waals surface area (Å²) in [5.41, 5.74) is 1.43. The Morgan fingerprint density at radius 1 is 1.54 bits per heavy atom. The summed E-state index contributed by atoms with van der Waals surface area (Å²) < 4.78 is 0. The summed E-state index contributed by atoms with van der Waals surface area (Å²) in [5, 5.41) is 0. The predicted molar refractivity (Wildman–Crippen MR) is 55.6 cm³/mol. The Hall–Kier alpha value is -0.590. The highest BCUT2D eigenvalue weighted by molar-refractivity contribution is 5.75. The van der Waals surface area contributed by atoms with Crippen molar-refractivity contribution in [3.63, 3.8) is 0 Å². The van der Waals surface area contributed by atoms with Gasteiger partial charge in [0.1, 0.15) is 5.78 Å². The van der Waals surface area contributed by atoms with Crippen molar-refractivity contribution >= 4 is 5.78 Å². The molecular formula is C12H20O. The third-order valence-electron chi connectivity index (χ3n) is 2.96. The second kappa shape index (κ2) is 5.21. The zero-order valence-electron chi connectivity index (χ0n) is 8.64. The predicted octanol–water partition coefficient (Wildman–Crippen LogP) is 3.49. The standard InChI is InChI=1S/C12H20O/c1-10-6-3-4-8-12(10)9-5-7-11(2)13/h12H,1,3-9H2,2H3/t12-/m0/s1. The molecule has 1 aliphatic carbocycles. The van der Waals surface area contributed by atoms with Crippen LogP contribution in [0.15, 0.2) is 12.2 Å². The minimum absolute atomic E-state index is 0.321. The topological polar surface area (TPSA) is 17.1 Å². The lowest BCUT2D eigenvalue weighted by Crippen LogP contribution is -2.09. The van der Waals surface area contributed by atoms with E-state index < -0.39 is 0 Å². The zero-order chi connectivity index (χ0) is 9.68. The summed E-state index contributed by atoms with van der Waals surface area (Å²) in [4.78, 5) is 10.7. The van der Waals surface area contributed by atoms with Gasteiger partial charge in [0.2, 0.25) is 0 Å². The van der Waals surface area contributed by atoms with Gasteiger partial charge in [-0.3, -0.25) is 0 Å². The lowest BCUT2D eigenvalue weighted by molar-refractivity contribution is -0.117. The third-order valence-corrected chi connectivity index (χ3v) is 2.96. The summed E-state index contributed by atoms with van der Waals surface area (Å²) in [6.45, 7) is 5.78. The number of hydrogen-bond donors (Lipinski definition) is 0. The van der Waals surface area contributed by atoms with Gasteiger partial charge >= 0.3 is 0 Å². The fourth-order valence-electron chi connectivity index (χ4n) is 2.10. The number of carbonyl (C=O) groups excluding carboxylic acids is 1. The number of hydrogen-bond acceptors (Lipinski definition) is 1. The largest absolute Gasteiger partial charge is 0.300 e. The SMILES string of the molecule is C=C1CCCC[C@H]1CCCC(C)=O. The van der Waals surface area contributed by atoms with Crippen LogP contribution in [0.25, 0.3) is 0 Å². The Morgan fingerprint density at radius 3 is 2.92 bits per heavy atom. The van der Waals surface area contributed by atoms with Gasteiger partial charge in [0.25, 0.3) is 0 Å². The molecule has 0 spiro atoms. The van der Waals surface area contributed by atoms with Crippen molar-refractivity contribution in [3.05, 3.63) is 12.2 Å². The van der Waals surface area contributed by atoms with Crippen molar-refractivity contribution in [2.24, 2.45) is 5.92 Å². The monoisotopic (exact) mass is 180 g/mol. The number of Topliss-reactive ketones (excluding diaryl/α,β-unsaturated/α-hetero) is 1. The molecule has 1 aliphatic rings. The smallest absolute Gasteiger partial charge is 0.129 e. The summed E-state index contributed by atoms with van der Waals surface area (Å²) in [6.07, 6.45) is 8.18. The van der Waals surface area contributed by atoms with E-state index in [1.54, 1.807) is 6.92 Å². The average molecular weight is 180 g/mol. The van der Waals surface area contributed by atoms with Gasteiger partial charge in [-0.2, -0.15) is 0 Å². The highest BCUT2D eigenvalue weighted by atomic mass is 16.1. The molecule has 1 atom stereocenters. The Labute approximate surface area is 81.2 Å². The third kappa shape index (κ3) is 3.75. The molecule has 0 aromatic carbocycles. The number of carbonyl (C=O) groups is 1. The van der Waals surface area contributed by atoms with Crippen LogP contribution < -0.4 is 0 Å². The van der Waals surface area contributed by atoms with Crippen LogP contribution in [0.5, 0.6) is 0 Å². The molecule has 1 fully saturated rings. The molecular weight excluding hydrogens is 160 g/mol. The number of ketones is 1. The van der Waals surface area contributed by atoms with Crippen LogP contribution in [0, 0.1) is 5.92 Å². The number of allylic oxidation sites excluding steroid dienone is 1. The Balaban J connectivity index is 2.19. The molecule has 0 aliphatic heterocycles. The van der Waals surface area contributed by atoms with E-state index in [4.69, 9.17) is 0 Å². The molecule has 1 rings (SSSR count). The van der Waals surface area contributed by atoms with E-state index in [1.807, 2.05) is 0 Å². The molecule has 0 unspecified atom stereocenters. The molecule has 0 amide bonds. The average Bonchev–Trinajstić information content (AvgIpc) is 2.08. The molecule has 0 aromatic rings. The van der Waals surface area contributed by atoms with E-state index in [9.17, 15) is 4.79 Å². The van der Waals surface area contributed by atoms with Gasteiger partial charge in [0, 0.05) is 6.42 Å². The lowest BCUT2D eigenvalue weighted by atomic mass is 9.82. The maximum absolute atomic E-state index is 10.7. The van der Waals surface area contributed by atoms with Crippen LogP contribution in [-0.2, 0) is 4.79 Å². The lowest BCUT2D eigenvalue weighted by Gasteiger charge is -2.24. The van der Waals surface area contributed by atoms with E-state index in [0.717, 1.165) is 12.8 Å². The van der Waals surface area contributed by atoms with Crippen molar-refractivity contribution in [2.75, 3.05) is 0 Å². The van der Waals surface area contributed by atoms with Gasteiger partial charge in [-0.05, 0) is 44.9 Å². The van der Waals surface area contributed by atoms with Crippen molar-refractivity contribution in [2.45, 2.75) is 51.9 Å². The first-order valence-electron chi connectivity index (χ1n) is 5.37. The minimum atomic E-state index is 0.321. The molecule has 0 N–H and O–H groups in total. The molecule has 0 saturated heterocycles. The fraction of sp³-hybridized carbons (Fsp3) is 0.750. The molecule has 1 nitrogen and oxygen atoms in total. The van der Waals surface area contributed by atoms with Gasteiger partial charge < -0.3 is 4.79 Å². The Kier molecular flexibility index (Phi) is 4.20. The van der Waals surface area contributed by atoms with Crippen LogP contribution in [0.3, 0.4) is 0 Å². The van der Waals surface area contributed by atoms with Crippen LogP contribution >= 0.6 is 0 Å². The van der Waals surface area contributed by atoms with E-state index in [1.165, 1.54) is 37.7 Å². The van der Waals surface area contributed by atoms with Gasteiger partial charge in [-0.15, -0.1) is 0 Å². The van der Waals surface area contributed by atoms with E-state index in [-0.39, 0.29) is 0 Å². The van der Waals surface area contributed by atoms with Crippen LogP contribution in [0.1, 0.15) is 51.9 Å². The fourth-order valence-corrected chi connectivity index (χ4v) is 2.10. The van der Waals surface area contributed by atoms with Gasteiger partial charge in [0.15, 0.2) is 0 Å². The van der Waals surface area contributed by atoms with Gasteiger partial charge in [-0.1, -0.05) is 18.6 Å². The number of rotatable bonds is 4. The van der Waals surface area contributed by atoms with Crippen molar-refractivity contribution in [3.8, 4) is 0 Å². The van der Waals surface area contributed by atoms with Crippen LogP contribution in [-0.4, -0.2) is 5.78 Å². The molecule has 0 bridgehead atoms. The molecule has 1 heteroatoms. The zero-order valence-corrected chi connectivity index (χ0v) is 8.64. The first-order chi connectivity index (χ1) is 6.20. The summed E-state index contributed by atoms with van der Waals surface area (Å²) in [5.74, 6) is 1.04. The molecule has 1 saturated carbocycles. The molecule has 0 radical (unpaired) electrons. The molecule has 0 aromatic heterocycles. The summed E-state index contributed by atoms with van der Waals surface area (Å²) >= 11 is 0. The summed E-state index contributed by atoms with van der Waals surface area (Å²) in [6, 6.07) is 0. The quantitative estimate of drug-likeness (QED) is 0.605. The normalized spacial score (nSPS) is 23.2. The second-order valence-electron chi connectivity index (χ2n) is 4.20. The van der Waals surface area contributed by atoms with Gasteiger partial charge in [-0.25, -0.2) is 0 Å². The molecule has 74 valence electrons. The second-order valence-corrected chi connectivity index (χ2v) is 4.20. The van der Waals surface area contributed by atoms with E-state index in [0.29, 0.717) is 11.7 Å². The Bertz CT molecular complexity index is 193. The van der Waals surface area contributed by atoms with Crippen LogP contribution in [0.4, 0.5) is 0 Å². The van der Waals surface area contributed by atoms with Crippen molar-refractivity contribution in [1.29, 1.82) is 0 Å². The minimum Gasteiger partial charge on any atom is -0.300 e. The van der Waals surface area contributed by atoms with E-state index >= 15 is 0 Å². The Morgan fingerprint density at radius 2 is 2.31 bits per heavy atom. The molecule has 13 heavy (non-hydrogen) atoms. The summed E-state index contributed by atoms with van der Waals surface area (Å²) in [7, 11) is 0. The first-order valence-corrected chi connectivity index (χ1v) is 5.37. The van der Waals surface area contributed by atoms with E-state index in [2.05, 4.69) is 6.58 Å². The van der Waals surface area contributed by atoms with Crippen molar-refractivity contribution < 1.29 is 4.79 Å². The van der Waals surface area contributed by atoms with Gasteiger partial charge in [0.05, 0.1) is 0 Å². The highest BCUT2D eigenvalue weighted by Gasteiger charge is 2.16. The maximum Gasteiger partial charge on any atom is 0.129 e. The van der Waals surface area contributed by atoms with Crippen LogP contribution in [0.2, 0.25) is 0 Å². The highest BCUT2D eigenvalue weighted by Crippen LogP contribution is 2.31. The first kappa shape index (κ1) is 10.5. The molecule has 0 heterocycles.